The summed E-state index contributed by atoms with van der Waals surface area (Å²) in [6, 6.07) is 5.73. The van der Waals surface area contributed by atoms with Crippen molar-refractivity contribution >= 4 is 5.69 Å². The van der Waals surface area contributed by atoms with E-state index in [2.05, 4.69) is 10.3 Å². The normalized spacial score (nSPS) is 10.6. The second-order valence-electron chi connectivity index (χ2n) is 3.72. The Balaban J connectivity index is 2.31. The number of tetrazole rings is 1. The second-order valence-corrected chi connectivity index (χ2v) is 3.72. The van der Waals surface area contributed by atoms with Gasteiger partial charge in [0.15, 0.2) is 0 Å². The predicted octanol–water partition coefficient (Wildman–Crippen LogP) is -0.0843. The highest BCUT2D eigenvalue weighted by atomic mass is 16.2. The molecule has 0 amide bonds. The van der Waals surface area contributed by atoms with Crippen LogP contribution < -0.4 is 11.4 Å². The molecular weight excluding hydrogens is 206 g/mol. The van der Waals surface area contributed by atoms with Gasteiger partial charge in [0.25, 0.3) is 0 Å². The molecule has 0 bridgehead atoms. The van der Waals surface area contributed by atoms with E-state index in [1.54, 1.807) is 7.05 Å². The highest BCUT2D eigenvalue weighted by Gasteiger charge is 2.03. The van der Waals surface area contributed by atoms with E-state index in [1.807, 2.05) is 25.1 Å². The van der Waals surface area contributed by atoms with E-state index in [0.717, 1.165) is 16.8 Å². The number of nitrogen functional groups attached to an aromatic ring is 1. The summed E-state index contributed by atoms with van der Waals surface area (Å²) in [5.74, 6) is 0. The zero-order chi connectivity index (χ0) is 11.7. The minimum absolute atomic E-state index is 0.354. The van der Waals surface area contributed by atoms with E-state index in [-0.39, 0.29) is 5.69 Å². The summed E-state index contributed by atoms with van der Waals surface area (Å²) in [4.78, 5) is 12.6. The van der Waals surface area contributed by atoms with E-state index in [4.69, 9.17) is 5.73 Å². The van der Waals surface area contributed by atoms with Crippen molar-refractivity contribution in [3.8, 4) is 0 Å². The Bertz CT molecular complexity index is 569. The van der Waals surface area contributed by atoms with Crippen LogP contribution in [0.25, 0.3) is 0 Å². The highest BCUT2D eigenvalue weighted by molar-refractivity contribution is 5.47. The Morgan fingerprint density at radius 2 is 2.19 bits per heavy atom. The fourth-order valence-corrected chi connectivity index (χ4v) is 1.45. The lowest BCUT2D eigenvalue weighted by Gasteiger charge is -2.06. The third-order valence-electron chi connectivity index (χ3n) is 2.51. The summed E-state index contributed by atoms with van der Waals surface area (Å²) < 4.78 is 1.37. The Morgan fingerprint density at radius 3 is 2.75 bits per heavy atom. The molecular formula is C10H13N5O. The fourth-order valence-electron chi connectivity index (χ4n) is 1.45. The number of rotatable bonds is 2. The van der Waals surface area contributed by atoms with Gasteiger partial charge >= 0.3 is 5.69 Å². The van der Waals surface area contributed by atoms with Crippen molar-refractivity contribution in [2.45, 2.75) is 13.5 Å². The first kappa shape index (κ1) is 10.4. The number of benzene rings is 1. The molecule has 0 saturated heterocycles. The first-order valence-electron chi connectivity index (χ1n) is 4.90. The summed E-state index contributed by atoms with van der Waals surface area (Å²) in [6.45, 7) is 2.45. The van der Waals surface area contributed by atoms with Gasteiger partial charge in [-0.05, 0) is 29.3 Å². The van der Waals surface area contributed by atoms with E-state index < -0.39 is 0 Å². The Morgan fingerprint density at radius 1 is 1.44 bits per heavy atom. The van der Waals surface area contributed by atoms with E-state index >= 15 is 0 Å². The fraction of sp³-hybridized carbons (Fsp3) is 0.300. The van der Waals surface area contributed by atoms with Gasteiger partial charge in [-0.2, -0.15) is 4.80 Å². The van der Waals surface area contributed by atoms with Crippen LogP contribution in [-0.4, -0.2) is 19.8 Å². The van der Waals surface area contributed by atoms with Gasteiger partial charge in [-0.25, -0.2) is 9.48 Å². The average molecular weight is 219 g/mol. The molecule has 2 N–H and O–H groups in total. The second kappa shape index (κ2) is 3.80. The van der Waals surface area contributed by atoms with Gasteiger partial charge in [-0.3, -0.25) is 0 Å². The van der Waals surface area contributed by atoms with Gasteiger partial charge in [0.05, 0.1) is 6.54 Å². The van der Waals surface area contributed by atoms with E-state index in [1.165, 1.54) is 9.48 Å². The topological polar surface area (TPSA) is 78.7 Å². The molecule has 0 saturated carbocycles. The molecule has 0 unspecified atom stereocenters. The largest absolute Gasteiger partial charge is 0.399 e. The maximum absolute atomic E-state index is 11.1. The van der Waals surface area contributed by atoms with Crippen LogP contribution in [0.2, 0.25) is 0 Å². The lowest BCUT2D eigenvalue weighted by atomic mass is 10.1. The van der Waals surface area contributed by atoms with Gasteiger partial charge in [-0.15, -0.1) is 0 Å². The predicted molar refractivity (Wildman–Crippen MR) is 60.0 cm³/mol. The molecule has 1 heterocycles. The molecule has 0 radical (unpaired) electrons. The molecule has 0 aliphatic carbocycles. The zero-order valence-corrected chi connectivity index (χ0v) is 9.21. The van der Waals surface area contributed by atoms with Crippen LogP contribution in [0.3, 0.4) is 0 Å². The SMILES string of the molecule is Cc1cc(Cn2nnc(=O)n2C)ccc1N. The van der Waals surface area contributed by atoms with Gasteiger partial charge in [0.1, 0.15) is 0 Å². The van der Waals surface area contributed by atoms with Crippen LogP contribution >= 0.6 is 0 Å². The Kier molecular flexibility index (Phi) is 2.47. The number of nitrogens with zero attached hydrogens (tertiary/aromatic N) is 4. The van der Waals surface area contributed by atoms with E-state index in [0.29, 0.717) is 6.54 Å². The summed E-state index contributed by atoms with van der Waals surface area (Å²) in [5.41, 5.74) is 8.18. The van der Waals surface area contributed by atoms with Gasteiger partial charge in [0, 0.05) is 12.7 Å². The molecule has 1 aromatic carbocycles. The lowest BCUT2D eigenvalue weighted by Crippen LogP contribution is -2.20. The molecule has 84 valence electrons. The van der Waals surface area contributed by atoms with Crippen molar-refractivity contribution in [3.63, 3.8) is 0 Å². The number of nitrogens with two attached hydrogens (primary N) is 1. The van der Waals surface area contributed by atoms with E-state index in [9.17, 15) is 4.79 Å². The monoisotopic (exact) mass is 219 g/mol. The first-order chi connectivity index (χ1) is 7.58. The van der Waals surface area contributed by atoms with Gasteiger partial charge in [-0.1, -0.05) is 17.2 Å². The van der Waals surface area contributed by atoms with Crippen LogP contribution in [0.5, 0.6) is 0 Å². The minimum atomic E-state index is -0.354. The van der Waals surface area contributed by atoms with Gasteiger partial charge in [0.2, 0.25) is 0 Å². The van der Waals surface area contributed by atoms with Crippen LogP contribution in [0.15, 0.2) is 23.0 Å². The Hall–Kier alpha value is -2.11. The molecule has 6 nitrogen and oxygen atoms in total. The van der Waals surface area contributed by atoms with Crippen LogP contribution in [0.1, 0.15) is 11.1 Å². The molecule has 0 spiro atoms. The third-order valence-corrected chi connectivity index (χ3v) is 2.51. The summed E-state index contributed by atoms with van der Waals surface area (Å²) in [7, 11) is 1.63. The lowest BCUT2D eigenvalue weighted by molar-refractivity contribution is 0.472. The number of aryl methyl sites for hydroxylation is 1. The molecule has 0 aliphatic rings. The maximum Gasteiger partial charge on any atom is 0.383 e. The van der Waals surface area contributed by atoms with Crippen molar-refractivity contribution in [2.24, 2.45) is 7.05 Å². The molecule has 0 atom stereocenters. The quantitative estimate of drug-likeness (QED) is 0.716. The van der Waals surface area contributed by atoms with Crippen molar-refractivity contribution in [1.82, 2.24) is 19.8 Å². The molecule has 16 heavy (non-hydrogen) atoms. The van der Waals surface area contributed by atoms with Crippen LogP contribution in [0, 0.1) is 6.92 Å². The summed E-state index contributed by atoms with van der Waals surface area (Å²) in [5, 5.41) is 7.20. The smallest absolute Gasteiger partial charge is 0.383 e. The molecule has 1 aromatic heterocycles. The van der Waals surface area contributed by atoms with Crippen LogP contribution in [0.4, 0.5) is 5.69 Å². The van der Waals surface area contributed by atoms with Crippen molar-refractivity contribution in [1.29, 1.82) is 0 Å². The third kappa shape index (κ3) is 1.81. The summed E-state index contributed by atoms with van der Waals surface area (Å²) in [6.07, 6.45) is 0. The zero-order valence-electron chi connectivity index (χ0n) is 9.21. The van der Waals surface area contributed by atoms with Crippen LogP contribution in [-0.2, 0) is 13.6 Å². The molecule has 0 fully saturated rings. The average Bonchev–Trinajstić information content (AvgIpc) is 2.55. The minimum Gasteiger partial charge on any atom is -0.399 e. The van der Waals surface area contributed by atoms with Crippen molar-refractivity contribution < 1.29 is 0 Å². The van der Waals surface area contributed by atoms with Crippen molar-refractivity contribution in [2.75, 3.05) is 5.73 Å². The number of hydrogen-bond acceptors (Lipinski definition) is 4. The number of aromatic nitrogens is 4. The highest BCUT2D eigenvalue weighted by Crippen LogP contribution is 2.12. The first-order valence-corrected chi connectivity index (χ1v) is 4.90. The van der Waals surface area contributed by atoms with Gasteiger partial charge < -0.3 is 5.73 Å². The maximum atomic E-state index is 11.1. The molecule has 0 aliphatic heterocycles. The molecule has 2 aromatic rings. The number of hydrogen-bond donors (Lipinski definition) is 1. The Labute approximate surface area is 92.3 Å². The van der Waals surface area contributed by atoms with Crippen molar-refractivity contribution in [3.05, 3.63) is 39.8 Å². The standard InChI is InChI=1S/C10H13N5O/c1-7-5-8(3-4-9(7)11)6-15-13-12-10(16)14(15)2/h3-5H,6,11H2,1-2H3. The molecule has 2 rings (SSSR count). The molecule has 6 heteroatoms. The number of anilines is 1. The summed E-state index contributed by atoms with van der Waals surface area (Å²) >= 11 is 0.